The van der Waals surface area contributed by atoms with E-state index in [0.29, 0.717) is 5.92 Å². The largest absolute Gasteiger partial charge is 0.0859 e. The van der Waals surface area contributed by atoms with Crippen LogP contribution in [0.2, 0.25) is 0 Å². The molecule has 0 radical (unpaired) electrons. The van der Waals surface area contributed by atoms with Crippen molar-refractivity contribution in [2.45, 2.75) is 59.8 Å². The lowest BCUT2D eigenvalue weighted by molar-refractivity contribution is 0.733. The molecule has 1 aromatic carbocycles. The molecule has 17 heavy (non-hydrogen) atoms. The number of benzene rings is 1. The predicted molar refractivity (Wildman–Crippen MR) is 79.5 cm³/mol. The topological polar surface area (TPSA) is 0 Å². The zero-order chi connectivity index (χ0) is 13.1. The van der Waals surface area contributed by atoms with Crippen LogP contribution in [0.3, 0.4) is 0 Å². The van der Waals surface area contributed by atoms with Crippen molar-refractivity contribution in [1.29, 1.82) is 0 Å². The summed E-state index contributed by atoms with van der Waals surface area (Å²) >= 11 is 0. The first-order valence-corrected chi connectivity index (χ1v) is 6.86. The zero-order valence-corrected chi connectivity index (χ0v) is 12.2. The first-order chi connectivity index (χ1) is 8.15. The van der Waals surface area contributed by atoms with E-state index < -0.39 is 0 Å². The molecular formula is C17H28. The van der Waals surface area contributed by atoms with Crippen LogP contribution in [0.4, 0.5) is 0 Å². The molecule has 96 valence electrons. The van der Waals surface area contributed by atoms with Gasteiger partial charge in [0.1, 0.15) is 0 Å². The molecule has 0 spiro atoms. The first kappa shape index (κ1) is 16.0. The van der Waals surface area contributed by atoms with Gasteiger partial charge in [-0.25, -0.2) is 0 Å². The van der Waals surface area contributed by atoms with Crippen LogP contribution in [0.15, 0.2) is 42.0 Å². The van der Waals surface area contributed by atoms with Crippen LogP contribution in [0.1, 0.15) is 65.4 Å². The molecule has 0 aromatic heterocycles. The summed E-state index contributed by atoms with van der Waals surface area (Å²) in [6.45, 7) is 11.0. The molecule has 0 aliphatic carbocycles. The molecule has 0 heteroatoms. The van der Waals surface area contributed by atoms with E-state index in [1.807, 2.05) is 0 Å². The van der Waals surface area contributed by atoms with Gasteiger partial charge in [0.2, 0.25) is 0 Å². The summed E-state index contributed by atoms with van der Waals surface area (Å²) in [6, 6.07) is 10.6. The van der Waals surface area contributed by atoms with E-state index in [2.05, 4.69) is 71.0 Å². The highest BCUT2D eigenvalue weighted by Gasteiger charge is 1.98. The van der Waals surface area contributed by atoms with Crippen molar-refractivity contribution in [2.24, 2.45) is 0 Å². The third-order valence-electron chi connectivity index (χ3n) is 3.09. The van der Waals surface area contributed by atoms with Gasteiger partial charge in [-0.1, -0.05) is 69.7 Å². The highest BCUT2D eigenvalue weighted by Crippen LogP contribution is 2.16. The van der Waals surface area contributed by atoms with Crippen molar-refractivity contribution in [3.8, 4) is 0 Å². The molecule has 1 atom stereocenters. The molecule has 0 aliphatic rings. The van der Waals surface area contributed by atoms with E-state index in [-0.39, 0.29) is 0 Å². The fourth-order valence-electron chi connectivity index (χ4n) is 1.51. The second-order valence-corrected chi connectivity index (χ2v) is 4.53. The second kappa shape index (κ2) is 10.1. The Hall–Kier alpha value is -1.04. The van der Waals surface area contributed by atoms with E-state index >= 15 is 0 Å². The van der Waals surface area contributed by atoms with Gasteiger partial charge in [0.15, 0.2) is 0 Å². The molecule has 1 aromatic rings. The Morgan fingerprint density at radius 1 is 1.12 bits per heavy atom. The minimum absolute atomic E-state index is 0.709. The van der Waals surface area contributed by atoms with Crippen LogP contribution in [-0.4, -0.2) is 0 Å². The first-order valence-electron chi connectivity index (χ1n) is 6.86. The number of allylic oxidation sites excluding steroid dienone is 2. The van der Waals surface area contributed by atoms with Crippen molar-refractivity contribution in [2.75, 3.05) is 0 Å². The quantitative estimate of drug-likeness (QED) is 0.562. The third kappa shape index (κ3) is 7.79. The lowest BCUT2D eigenvalue weighted by atomic mass is 9.99. The molecule has 0 amide bonds. The van der Waals surface area contributed by atoms with E-state index in [1.165, 1.54) is 30.4 Å². The molecule has 0 aliphatic heterocycles. The van der Waals surface area contributed by atoms with Gasteiger partial charge in [-0.3, -0.25) is 0 Å². The van der Waals surface area contributed by atoms with Gasteiger partial charge < -0.3 is 0 Å². The standard InChI is InChI=1S/C10H14.C7H14/c1-3-9(2)10-7-5-4-6-8-10;1-4-6-7(3)5-2/h4-9H,3H2,1-2H3;6H,4-5H2,1-3H3/b;7-6+. The molecular weight excluding hydrogens is 204 g/mol. The highest BCUT2D eigenvalue weighted by atomic mass is 14.0. The maximum Gasteiger partial charge on any atom is -0.0193 e. The van der Waals surface area contributed by atoms with E-state index in [1.54, 1.807) is 0 Å². The van der Waals surface area contributed by atoms with Crippen LogP contribution in [0.5, 0.6) is 0 Å². The molecule has 0 saturated carbocycles. The van der Waals surface area contributed by atoms with Gasteiger partial charge in [-0.05, 0) is 37.7 Å². The van der Waals surface area contributed by atoms with Crippen molar-refractivity contribution in [1.82, 2.24) is 0 Å². The summed E-state index contributed by atoms with van der Waals surface area (Å²) in [6.07, 6.45) is 5.87. The summed E-state index contributed by atoms with van der Waals surface area (Å²) in [5.41, 5.74) is 2.95. The fourth-order valence-corrected chi connectivity index (χ4v) is 1.51. The monoisotopic (exact) mass is 232 g/mol. The molecule has 0 heterocycles. The van der Waals surface area contributed by atoms with Gasteiger partial charge in [-0.2, -0.15) is 0 Å². The molecule has 1 unspecified atom stereocenters. The Morgan fingerprint density at radius 2 is 1.71 bits per heavy atom. The maximum atomic E-state index is 2.26. The highest BCUT2D eigenvalue weighted by molar-refractivity contribution is 5.18. The molecule has 1 rings (SSSR count). The SMILES string of the molecule is CC/C=C(\C)CC.CCC(C)c1ccccc1. The lowest BCUT2D eigenvalue weighted by Gasteiger charge is -2.06. The molecule has 0 nitrogen and oxygen atoms in total. The summed E-state index contributed by atoms with van der Waals surface area (Å²) in [5.74, 6) is 0.709. The van der Waals surface area contributed by atoms with Gasteiger partial charge in [0.25, 0.3) is 0 Å². The van der Waals surface area contributed by atoms with Crippen LogP contribution in [-0.2, 0) is 0 Å². The number of rotatable bonds is 4. The van der Waals surface area contributed by atoms with Gasteiger partial charge in [0, 0.05) is 0 Å². The van der Waals surface area contributed by atoms with Gasteiger partial charge >= 0.3 is 0 Å². The van der Waals surface area contributed by atoms with Crippen molar-refractivity contribution >= 4 is 0 Å². The Labute approximate surface area is 108 Å². The van der Waals surface area contributed by atoms with E-state index in [0.717, 1.165) is 0 Å². The van der Waals surface area contributed by atoms with E-state index in [9.17, 15) is 0 Å². The summed E-state index contributed by atoms with van der Waals surface area (Å²) < 4.78 is 0. The zero-order valence-electron chi connectivity index (χ0n) is 12.2. The Morgan fingerprint density at radius 3 is 2.06 bits per heavy atom. The maximum absolute atomic E-state index is 2.26. The fraction of sp³-hybridized carbons (Fsp3) is 0.529. The number of hydrogen-bond donors (Lipinski definition) is 0. The summed E-state index contributed by atoms with van der Waals surface area (Å²) in [4.78, 5) is 0. The third-order valence-corrected chi connectivity index (χ3v) is 3.09. The van der Waals surface area contributed by atoms with Crippen molar-refractivity contribution in [3.63, 3.8) is 0 Å². The minimum Gasteiger partial charge on any atom is -0.0859 e. The second-order valence-electron chi connectivity index (χ2n) is 4.53. The van der Waals surface area contributed by atoms with Crippen molar-refractivity contribution in [3.05, 3.63) is 47.5 Å². The summed E-state index contributed by atoms with van der Waals surface area (Å²) in [5, 5.41) is 0. The molecule has 0 bridgehead atoms. The molecule has 0 fully saturated rings. The lowest BCUT2D eigenvalue weighted by Crippen LogP contribution is -1.88. The smallest absolute Gasteiger partial charge is 0.0193 e. The molecule has 0 saturated heterocycles. The van der Waals surface area contributed by atoms with Crippen LogP contribution in [0.25, 0.3) is 0 Å². The van der Waals surface area contributed by atoms with Crippen LogP contribution < -0.4 is 0 Å². The Balaban J connectivity index is 0.000000325. The minimum atomic E-state index is 0.709. The molecule has 0 N–H and O–H groups in total. The van der Waals surface area contributed by atoms with Gasteiger partial charge in [0.05, 0.1) is 0 Å². The average Bonchev–Trinajstić information content (AvgIpc) is 2.39. The normalized spacial score (nSPS) is 12.6. The van der Waals surface area contributed by atoms with E-state index in [4.69, 9.17) is 0 Å². The van der Waals surface area contributed by atoms with Crippen LogP contribution >= 0.6 is 0 Å². The van der Waals surface area contributed by atoms with Crippen molar-refractivity contribution < 1.29 is 0 Å². The predicted octanol–water partition coefficient (Wildman–Crippen LogP) is 5.95. The number of hydrogen-bond acceptors (Lipinski definition) is 0. The summed E-state index contributed by atoms with van der Waals surface area (Å²) in [7, 11) is 0. The average molecular weight is 232 g/mol. The Bertz CT molecular complexity index is 295. The van der Waals surface area contributed by atoms with Crippen LogP contribution in [0, 0.1) is 0 Å². The Kier molecular flexibility index (Phi) is 9.52. The van der Waals surface area contributed by atoms with Gasteiger partial charge in [-0.15, -0.1) is 0 Å².